The van der Waals surface area contributed by atoms with Gasteiger partial charge in [-0.1, -0.05) is 18.2 Å². The SMILES string of the molecule is O=C(CCN1CC[C@@H](O)C1)Nc1ccc(Oc2ccccc2)cc1. The first-order valence-corrected chi connectivity index (χ1v) is 8.22. The molecule has 0 radical (unpaired) electrons. The molecule has 0 aromatic heterocycles. The van der Waals surface area contributed by atoms with Gasteiger partial charge in [-0.25, -0.2) is 0 Å². The summed E-state index contributed by atoms with van der Waals surface area (Å²) in [5.74, 6) is 1.49. The highest BCUT2D eigenvalue weighted by Gasteiger charge is 2.20. The quantitative estimate of drug-likeness (QED) is 0.857. The predicted molar refractivity (Wildman–Crippen MR) is 93.3 cm³/mol. The van der Waals surface area contributed by atoms with Gasteiger partial charge in [0.05, 0.1) is 6.10 Å². The molecule has 2 aromatic rings. The van der Waals surface area contributed by atoms with Crippen LogP contribution < -0.4 is 10.1 Å². The van der Waals surface area contributed by atoms with E-state index in [2.05, 4.69) is 10.2 Å². The Morgan fingerprint density at radius 3 is 2.50 bits per heavy atom. The Labute approximate surface area is 141 Å². The maximum Gasteiger partial charge on any atom is 0.225 e. The van der Waals surface area contributed by atoms with E-state index in [1.807, 2.05) is 54.6 Å². The number of hydrogen-bond acceptors (Lipinski definition) is 4. The fraction of sp³-hybridized carbons (Fsp3) is 0.316. The molecule has 1 amide bonds. The molecule has 2 N–H and O–H groups in total. The number of aliphatic hydroxyl groups is 1. The highest BCUT2D eigenvalue weighted by atomic mass is 16.5. The van der Waals surface area contributed by atoms with E-state index in [4.69, 9.17) is 4.74 Å². The number of ether oxygens (including phenoxy) is 1. The van der Waals surface area contributed by atoms with Crippen LogP contribution in [0.5, 0.6) is 11.5 Å². The Morgan fingerprint density at radius 2 is 1.83 bits per heavy atom. The minimum Gasteiger partial charge on any atom is -0.457 e. The molecular formula is C19H22N2O3. The Morgan fingerprint density at radius 1 is 1.12 bits per heavy atom. The number of anilines is 1. The molecule has 24 heavy (non-hydrogen) atoms. The van der Waals surface area contributed by atoms with Gasteiger partial charge in [0.1, 0.15) is 11.5 Å². The fourth-order valence-electron chi connectivity index (χ4n) is 2.73. The Kier molecular flexibility index (Phi) is 5.46. The van der Waals surface area contributed by atoms with Crippen molar-refractivity contribution in [1.29, 1.82) is 0 Å². The van der Waals surface area contributed by atoms with Crippen molar-refractivity contribution in [3.05, 3.63) is 54.6 Å². The van der Waals surface area contributed by atoms with Crippen LogP contribution in [0.1, 0.15) is 12.8 Å². The van der Waals surface area contributed by atoms with Crippen LogP contribution in [0.25, 0.3) is 0 Å². The molecule has 0 saturated carbocycles. The molecule has 1 saturated heterocycles. The third-order valence-electron chi connectivity index (χ3n) is 4.02. The zero-order valence-corrected chi connectivity index (χ0v) is 13.5. The van der Waals surface area contributed by atoms with Gasteiger partial charge in [0.2, 0.25) is 5.91 Å². The van der Waals surface area contributed by atoms with E-state index in [1.165, 1.54) is 0 Å². The summed E-state index contributed by atoms with van der Waals surface area (Å²) in [4.78, 5) is 14.1. The smallest absolute Gasteiger partial charge is 0.225 e. The summed E-state index contributed by atoms with van der Waals surface area (Å²) in [5, 5.41) is 12.4. The number of para-hydroxylation sites is 1. The number of hydrogen-bond donors (Lipinski definition) is 2. The third-order valence-corrected chi connectivity index (χ3v) is 4.02. The molecule has 0 bridgehead atoms. The van der Waals surface area contributed by atoms with E-state index >= 15 is 0 Å². The number of carbonyl (C=O) groups is 1. The van der Waals surface area contributed by atoms with Crippen LogP contribution in [-0.4, -0.2) is 41.7 Å². The van der Waals surface area contributed by atoms with Gasteiger partial charge < -0.3 is 20.1 Å². The van der Waals surface area contributed by atoms with Gasteiger partial charge in [0.25, 0.3) is 0 Å². The highest BCUT2D eigenvalue weighted by Crippen LogP contribution is 2.22. The van der Waals surface area contributed by atoms with Gasteiger partial charge in [0, 0.05) is 31.7 Å². The first-order chi connectivity index (χ1) is 11.7. The zero-order chi connectivity index (χ0) is 16.8. The second-order valence-corrected chi connectivity index (χ2v) is 5.98. The van der Waals surface area contributed by atoms with Crippen molar-refractivity contribution in [3.8, 4) is 11.5 Å². The van der Waals surface area contributed by atoms with Crippen LogP contribution in [0.15, 0.2) is 54.6 Å². The Bertz CT molecular complexity index is 658. The summed E-state index contributed by atoms with van der Waals surface area (Å²) in [6.07, 6.45) is 0.977. The van der Waals surface area contributed by atoms with Crippen LogP contribution >= 0.6 is 0 Å². The average Bonchev–Trinajstić information content (AvgIpc) is 3.01. The molecule has 5 nitrogen and oxygen atoms in total. The highest BCUT2D eigenvalue weighted by molar-refractivity contribution is 5.90. The van der Waals surface area contributed by atoms with Crippen LogP contribution in [0.3, 0.4) is 0 Å². The molecule has 2 aromatic carbocycles. The molecule has 1 heterocycles. The van der Waals surface area contributed by atoms with E-state index in [9.17, 15) is 9.90 Å². The number of rotatable bonds is 6. The molecular weight excluding hydrogens is 304 g/mol. The third kappa shape index (κ3) is 4.81. The maximum atomic E-state index is 12.0. The summed E-state index contributed by atoms with van der Waals surface area (Å²) >= 11 is 0. The van der Waals surface area contributed by atoms with Gasteiger partial charge in [-0.15, -0.1) is 0 Å². The van der Waals surface area contributed by atoms with E-state index in [-0.39, 0.29) is 12.0 Å². The second-order valence-electron chi connectivity index (χ2n) is 5.98. The predicted octanol–water partition coefficient (Wildman–Crippen LogP) is 2.87. The van der Waals surface area contributed by atoms with Crippen LogP contribution in [-0.2, 0) is 4.79 Å². The minimum absolute atomic E-state index is 0.0203. The number of amides is 1. The molecule has 3 rings (SSSR count). The molecule has 0 aliphatic carbocycles. The summed E-state index contributed by atoms with van der Waals surface area (Å²) in [7, 11) is 0. The normalized spacial score (nSPS) is 17.6. The zero-order valence-electron chi connectivity index (χ0n) is 13.5. The number of carbonyl (C=O) groups excluding carboxylic acids is 1. The van der Waals surface area contributed by atoms with Gasteiger partial charge >= 0.3 is 0 Å². The van der Waals surface area contributed by atoms with Crippen LogP contribution in [0.4, 0.5) is 5.69 Å². The van der Waals surface area contributed by atoms with E-state index in [0.29, 0.717) is 19.5 Å². The molecule has 1 fully saturated rings. The van der Waals surface area contributed by atoms with Crippen molar-refractivity contribution in [2.24, 2.45) is 0 Å². The standard InChI is InChI=1S/C19H22N2O3/c22-16-10-12-21(14-16)13-11-19(23)20-15-6-8-18(9-7-15)24-17-4-2-1-3-5-17/h1-9,16,22H,10-14H2,(H,20,23)/t16-/m1/s1. The Balaban J connectivity index is 1.46. The lowest BCUT2D eigenvalue weighted by atomic mass is 10.2. The van der Waals surface area contributed by atoms with Crippen molar-refractivity contribution >= 4 is 11.6 Å². The summed E-state index contributed by atoms with van der Waals surface area (Å²) in [6, 6.07) is 16.9. The van der Waals surface area contributed by atoms with Crippen molar-refractivity contribution < 1.29 is 14.6 Å². The number of nitrogens with one attached hydrogen (secondary N) is 1. The number of β-amino-alcohol motifs (C(OH)–C–C–N with tert-alkyl or cyclic N) is 1. The molecule has 5 heteroatoms. The number of aliphatic hydroxyl groups excluding tert-OH is 1. The lowest BCUT2D eigenvalue weighted by Crippen LogP contribution is -2.26. The van der Waals surface area contributed by atoms with Crippen LogP contribution in [0.2, 0.25) is 0 Å². The second kappa shape index (κ2) is 7.95. The topological polar surface area (TPSA) is 61.8 Å². The largest absolute Gasteiger partial charge is 0.457 e. The fourth-order valence-corrected chi connectivity index (χ4v) is 2.73. The van der Waals surface area contributed by atoms with E-state index in [1.54, 1.807) is 0 Å². The maximum absolute atomic E-state index is 12.0. The van der Waals surface area contributed by atoms with Gasteiger partial charge in [-0.05, 0) is 42.8 Å². The van der Waals surface area contributed by atoms with Gasteiger partial charge in [-0.2, -0.15) is 0 Å². The van der Waals surface area contributed by atoms with Gasteiger partial charge in [-0.3, -0.25) is 4.79 Å². The van der Waals surface area contributed by atoms with Gasteiger partial charge in [0.15, 0.2) is 0 Å². The first kappa shape index (κ1) is 16.5. The number of nitrogens with zero attached hydrogens (tertiary/aromatic N) is 1. The number of likely N-dealkylation sites (tertiary alicyclic amines) is 1. The van der Waals surface area contributed by atoms with Crippen molar-refractivity contribution in [1.82, 2.24) is 4.90 Å². The Hall–Kier alpha value is -2.37. The van der Waals surface area contributed by atoms with E-state index < -0.39 is 0 Å². The summed E-state index contributed by atoms with van der Waals surface area (Å²) < 4.78 is 5.72. The molecule has 0 unspecified atom stereocenters. The molecule has 126 valence electrons. The minimum atomic E-state index is -0.245. The van der Waals surface area contributed by atoms with Crippen molar-refractivity contribution in [2.45, 2.75) is 18.9 Å². The van der Waals surface area contributed by atoms with Crippen molar-refractivity contribution in [3.63, 3.8) is 0 Å². The first-order valence-electron chi connectivity index (χ1n) is 8.22. The lowest BCUT2D eigenvalue weighted by molar-refractivity contribution is -0.116. The average molecular weight is 326 g/mol. The monoisotopic (exact) mass is 326 g/mol. The molecule has 1 atom stereocenters. The summed E-state index contributed by atoms with van der Waals surface area (Å²) in [6.45, 7) is 2.21. The number of benzene rings is 2. The molecule has 1 aliphatic rings. The lowest BCUT2D eigenvalue weighted by Gasteiger charge is -2.14. The molecule has 0 spiro atoms. The van der Waals surface area contributed by atoms with Crippen molar-refractivity contribution in [2.75, 3.05) is 25.0 Å². The van der Waals surface area contributed by atoms with E-state index in [0.717, 1.165) is 30.2 Å². The molecule has 1 aliphatic heterocycles. The van der Waals surface area contributed by atoms with Crippen LogP contribution in [0, 0.1) is 0 Å². The summed E-state index contributed by atoms with van der Waals surface area (Å²) in [5.41, 5.74) is 0.752.